The Bertz CT molecular complexity index is 436. The number of anilines is 1. The molecule has 1 heterocycles. The van der Waals surface area contributed by atoms with Gasteiger partial charge in [0.1, 0.15) is 6.61 Å². The lowest BCUT2D eigenvalue weighted by Crippen LogP contribution is -2.48. The Hall–Kier alpha value is -0.910. The van der Waals surface area contributed by atoms with Crippen molar-refractivity contribution in [3.8, 4) is 0 Å². The minimum absolute atomic E-state index is 0.0281. The first-order valence-corrected chi connectivity index (χ1v) is 6.20. The van der Waals surface area contributed by atoms with E-state index in [0.717, 1.165) is 15.7 Å². The molecule has 1 fully saturated rings. The van der Waals surface area contributed by atoms with Crippen LogP contribution in [0.3, 0.4) is 0 Å². The lowest BCUT2D eigenvalue weighted by molar-refractivity contribution is -0.130. The van der Waals surface area contributed by atoms with E-state index in [2.05, 4.69) is 15.9 Å². The first-order valence-electron chi connectivity index (χ1n) is 5.41. The number of carbonyl (C=O) groups is 1. The monoisotopic (exact) mass is 299 g/mol. The minimum atomic E-state index is -0.295. The van der Waals surface area contributed by atoms with Crippen LogP contribution in [0, 0.1) is 6.92 Å². The van der Waals surface area contributed by atoms with Crippen molar-refractivity contribution in [2.24, 2.45) is 0 Å². The Kier molecular flexibility index (Phi) is 3.81. The molecule has 5 heteroatoms. The maximum Gasteiger partial charge on any atom is 0.253 e. The second-order valence-electron chi connectivity index (χ2n) is 4.05. The maximum absolute atomic E-state index is 11.8. The van der Waals surface area contributed by atoms with E-state index >= 15 is 0 Å². The quantitative estimate of drug-likeness (QED) is 0.900. The highest BCUT2D eigenvalue weighted by Gasteiger charge is 2.26. The van der Waals surface area contributed by atoms with Gasteiger partial charge >= 0.3 is 0 Å². The second kappa shape index (κ2) is 5.16. The highest BCUT2D eigenvalue weighted by Crippen LogP contribution is 2.24. The van der Waals surface area contributed by atoms with Gasteiger partial charge in [-0.05, 0) is 30.7 Å². The van der Waals surface area contributed by atoms with Crippen molar-refractivity contribution in [1.29, 1.82) is 0 Å². The molecule has 2 rings (SSSR count). The summed E-state index contributed by atoms with van der Waals surface area (Å²) < 4.78 is 6.21. The molecule has 1 aliphatic heterocycles. The van der Waals surface area contributed by atoms with Crippen LogP contribution in [0.2, 0.25) is 0 Å². The first kappa shape index (κ1) is 12.5. The van der Waals surface area contributed by atoms with Crippen molar-refractivity contribution in [2.75, 3.05) is 24.7 Å². The zero-order valence-electron chi connectivity index (χ0n) is 9.52. The molecule has 1 atom stereocenters. The number of carbonyl (C=O) groups excluding carboxylic acids is 1. The van der Waals surface area contributed by atoms with E-state index in [0.29, 0.717) is 6.54 Å². The molecule has 0 spiro atoms. The zero-order valence-corrected chi connectivity index (χ0v) is 11.1. The van der Waals surface area contributed by atoms with Crippen LogP contribution in [-0.4, -0.2) is 36.9 Å². The summed E-state index contributed by atoms with van der Waals surface area (Å²) in [6, 6.07) is 5.75. The van der Waals surface area contributed by atoms with Gasteiger partial charge in [0.25, 0.3) is 5.91 Å². The molecule has 0 aliphatic carbocycles. The Morgan fingerprint density at radius 2 is 2.35 bits per heavy atom. The highest BCUT2D eigenvalue weighted by molar-refractivity contribution is 9.10. The number of hydrogen-bond acceptors (Lipinski definition) is 3. The number of aliphatic hydroxyl groups is 1. The molecule has 1 aromatic rings. The number of morpholine rings is 1. The van der Waals surface area contributed by atoms with Gasteiger partial charge in [0.2, 0.25) is 0 Å². The summed E-state index contributed by atoms with van der Waals surface area (Å²) in [6.45, 7) is 2.33. The van der Waals surface area contributed by atoms with Crippen LogP contribution in [-0.2, 0) is 9.53 Å². The van der Waals surface area contributed by atoms with E-state index in [9.17, 15) is 4.79 Å². The number of aliphatic hydroxyl groups excluding tert-OH is 1. The molecule has 1 saturated heterocycles. The van der Waals surface area contributed by atoms with Gasteiger partial charge in [-0.15, -0.1) is 0 Å². The average Bonchev–Trinajstić information content (AvgIpc) is 2.33. The van der Waals surface area contributed by atoms with Crippen molar-refractivity contribution >= 4 is 27.5 Å². The van der Waals surface area contributed by atoms with Crippen LogP contribution in [0.15, 0.2) is 22.7 Å². The van der Waals surface area contributed by atoms with E-state index < -0.39 is 0 Å². The van der Waals surface area contributed by atoms with Gasteiger partial charge in [0, 0.05) is 10.2 Å². The van der Waals surface area contributed by atoms with Crippen LogP contribution in [0.1, 0.15) is 5.56 Å². The van der Waals surface area contributed by atoms with Crippen molar-refractivity contribution in [1.82, 2.24) is 0 Å². The average molecular weight is 300 g/mol. The maximum atomic E-state index is 11.8. The van der Waals surface area contributed by atoms with Crippen LogP contribution in [0.25, 0.3) is 0 Å². The predicted molar refractivity (Wildman–Crippen MR) is 68.1 cm³/mol. The Morgan fingerprint density at radius 3 is 3.00 bits per heavy atom. The summed E-state index contributed by atoms with van der Waals surface area (Å²) in [4.78, 5) is 13.4. The molecule has 0 bridgehead atoms. The fourth-order valence-corrected chi connectivity index (χ4v) is 2.03. The number of ether oxygens (including phenoxy) is 1. The molecule has 0 aromatic heterocycles. The predicted octanol–water partition coefficient (Wildman–Crippen LogP) is 1.48. The topological polar surface area (TPSA) is 49.8 Å². The third-order valence-corrected chi connectivity index (χ3v) is 3.68. The van der Waals surface area contributed by atoms with E-state index in [1.165, 1.54) is 0 Å². The van der Waals surface area contributed by atoms with Crippen LogP contribution in [0.4, 0.5) is 5.69 Å². The molecule has 4 nitrogen and oxygen atoms in total. The van der Waals surface area contributed by atoms with Gasteiger partial charge in [0.05, 0.1) is 19.3 Å². The molecule has 1 unspecified atom stereocenters. The Morgan fingerprint density at radius 1 is 1.59 bits per heavy atom. The minimum Gasteiger partial charge on any atom is -0.394 e. The number of nitrogens with zero attached hydrogens (tertiary/aromatic N) is 1. The smallest absolute Gasteiger partial charge is 0.253 e. The van der Waals surface area contributed by atoms with Crippen LogP contribution >= 0.6 is 15.9 Å². The van der Waals surface area contributed by atoms with Gasteiger partial charge in [-0.25, -0.2) is 0 Å². The summed E-state index contributed by atoms with van der Waals surface area (Å²) in [5.74, 6) is -0.0728. The molecule has 1 aromatic carbocycles. The van der Waals surface area contributed by atoms with Crippen molar-refractivity contribution < 1.29 is 14.6 Å². The third kappa shape index (κ3) is 2.68. The van der Waals surface area contributed by atoms with E-state index in [1.807, 2.05) is 25.1 Å². The lowest BCUT2D eigenvalue weighted by Gasteiger charge is -2.32. The summed E-state index contributed by atoms with van der Waals surface area (Å²) in [5, 5.41) is 9.07. The lowest BCUT2D eigenvalue weighted by atomic mass is 10.2. The van der Waals surface area contributed by atoms with Gasteiger partial charge in [-0.1, -0.05) is 15.9 Å². The van der Waals surface area contributed by atoms with Gasteiger partial charge in [0.15, 0.2) is 0 Å². The van der Waals surface area contributed by atoms with E-state index in [4.69, 9.17) is 9.84 Å². The summed E-state index contributed by atoms with van der Waals surface area (Å²) in [5.41, 5.74) is 1.92. The fourth-order valence-electron chi connectivity index (χ4n) is 1.78. The number of amides is 1. The molecule has 1 amide bonds. The molecule has 1 N–H and O–H groups in total. The van der Waals surface area contributed by atoms with Gasteiger partial charge in [-0.3, -0.25) is 4.79 Å². The molecule has 0 saturated carbocycles. The first-order chi connectivity index (χ1) is 8.11. The number of aryl methyl sites for hydroxylation is 1. The summed E-state index contributed by atoms with van der Waals surface area (Å²) in [7, 11) is 0. The molecule has 17 heavy (non-hydrogen) atoms. The summed E-state index contributed by atoms with van der Waals surface area (Å²) >= 11 is 3.43. The number of hydrogen-bond donors (Lipinski definition) is 1. The summed E-state index contributed by atoms with van der Waals surface area (Å²) in [6.07, 6.45) is -0.295. The van der Waals surface area contributed by atoms with Crippen LogP contribution < -0.4 is 4.90 Å². The van der Waals surface area contributed by atoms with E-state index in [1.54, 1.807) is 4.90 Å². The van der Waals surface area contributed by atoms with Gasteiger partial charge in [-0.2, -0.15) is 0 Å². The number of halogens is 1. The SMILES string of the molecule is Cc1cc(N2CC(CO)OCC2=O)ccc1Br. The standard InChI is InChI=1S/C12H14BrNO3/c1-8-4-9(2-3-11(8)13)14-5-10(6-15)17-7-12(14)16/h2-4,10,15H,5-7H2,1H3. The van der Waals surface area contributed by atoms with Crippen molar-refractivity contribution in [3.05, 3.63) is 28.2 Å². The Balaban J connectivity index is 2.24. The van der Waals surface area contributed by atoms with Crippen molar-refractivity contribution in [3.63, 3.8) is 0 Å². The van der Waals surface area contributed by atoms with E-state index in [-0.39, 0.29) is 25.2 Å². The number of rotatable bonds is 2. The van der Waals surface area contributed by atoms with Crippen LogP contribution in [0.5, 0.6) is 0 Å². The largest absolute Gasteiger partial charge is 0.394 e. The normalized spacial score (nSPS) is 20.8. The van der Waals surface area contributed by atoms with Gasteiger partial charge < -0.3 is 14.7 Å². The molecule has 92 valence electrons. The molecular formula is C12H14BrNO3. The number of benzene rings is 1. The fraction of sp³-hybridized carbons (Fsp3) is 0.417. The third-order valence-electron chi connectivity index (χ3n) is 2.79. The second-order valence-corrected chi connectivity index (χ2v) is 4.91. The zero-order chi connectivity index (χ0) is 12.4. The molecule has 1 aliphatic rings. The Labute approximate surface area is 108 Å². The molecular weight excluding hydrogens is 286 g/mol. The molecule has 0 radical (unpaired) electrons. The van der Waals surface area contributed by atoms with Crippen molar-refractivity contribution in [2.45, 2.75) is 13.0 Å². The highest BCUT2D eigenvalue weighted by atomic mass is 79.9.